The number of aliphatic hydroxyl groups excluding tert-OH is 1. The molecule has 32 heavy (non-hydrogen) atoms. The van der Waals surface area contributed by atoms with E-state index in [9.17, 15) is 14.7 Å². The Morgan fingerprint density at radius 1 is 1.03 bits per heavy atom. The zero-order chi connectivity index (χ0) is 23.4. The lowest BCUT2D eigenvalue weighted by Crippen LogP contribution is -2.30. The molecule has 0 spiro atoms. The predicted octanol–water partition coefficient (Wildman–Crippen LogP) is 4.59. The summed E-state index contributed by atoms with van der Waals surface area (Å²) >= 11 is 6.13. The van der Waals surface area contributed by atoms with Crippen LogP contribution in [0.25, 0.3) is 5.76 Å². The molecule has 1 aliphatic heterocycles. The molecule has 8 heteroatoms. The number of halogens is 1. The minimum Gasteiger partial charge on any atom is -0.507 e. The van der Waals surface area contributed by atoms with E-state index in [1.165, 1.54) is 25.2 Å². The van der Waals surface area contributed by atoms with Gasteiger partial charge in [0.1, 0.15) is 11.5 Å². The Balaban J connectivity index is 2.24. The molecule has 0 radical (unpaired) electrons. The summed E-state index contributed by atoms with van der Waals surface area (Å²) in [6, 6.07) is 9.10. The van der Waals surface area contributed by atoms with Gasteiger partial charge in [0.15, 0.2) is 11.5 Å². The lowest BCUT2D eigenvalue weighted by molar-refractivity contribution is -0.139. The van der Waals surface area contributed by atoms with Gasteiger partial charge in [-0.3, -0.25) is 9.59 Å². The van der Waals surface area contributed by atoms with Crippen LogP contribution < -0.4 is 14.2 Å². The van der Waals surface area contributed by atoms with Gasteiger partial charge in [0.25, 0.3) is 11.7 Å². The molecule has 1 aliphatic rings. The van der Waals surface area contributed by atoms with Crippen LogP contribution >= 0.6 is 11.6 Å². The summed E-state index contributed by atoms with van der Waals surface area (Å²) in [5.41, 5.74) is 0.813. The second-order valence-electron chi connectivity index (χ2n) is 7.18. The van der Waals surface area contributed by atoms with Gasteiger partial charge >= 0.3 is 0 Å². The van der Waals surface area contributed by atoms with Crippen molar-refractivity contribution in [2.45, 2.75) is 26.3 Å². The molecule has 1 fully saturated rings. The molecule has 170 valence electrons. The second-order valence-corrected chi connectivity index (χ2v) is 7.62. The Hall–Kier alpha value is -3.19. The Labute approximate surface area is 192 Å². The molecule has 0 saturated carbocycles. The predicted molar refractivity (Wildman–Crippen MR) is 121 cm³/mol. The molecule has 7 nitrogen and oxygen atoms in total. The topological polar surface area (TPSA) is 85.3 Å². The molecule has 0 aromatic heterocycles. The summed E-state index contributed by atoms with van der Waals surface area (Å²) < 4.78 is 16.4. The average Bonchev–Trinajstić information content (AvgIpc) is 3.04. The highest BCUT2D eigenvalue weighted by Gasteiger charge is 2.46. The minimum atomic E-state index is -0.803. The van der Waals surface area contributed by atoms with Gasteiger partial charge in [-0.2, -0.15) is 0 Å². The zero-order valence-corrected chi connectivity index (χ0v) is 19.2. The molecule has 3 rings (SSSR count). The molecular formula is C24H26ClNO6. The normalized spacial score (nSPS) is 17.5. The summed E-state index contributed by atoms with van der Waals surface area (Å²) in [6.45, 7) is 4.57. The van der Waals surface area contributed by atoms with Gasteiger partial charge in [0.05, 0.1) is 38.0 Å². The first-order chi connectivity index (χ1) is 15.4. The van der Waals surface area contributed by atoms with Crippen LogP contribution in [0.3, 0.4) is 0 Å². The Kier molecular flexibility index (Phi) is 7.30. The second kappa shape index (κ2) is 9.96. The fraction of sp³-hybridized carbons (Fsp3) is 0.333. The lowest BCUT2D eigenvalue weighted by atomic mass is 9.94. The van der Waals surface area contributed by atoms with Gasteiger partial charge in [-0.15, -0.1) is 0 Å². The van der Waals surface area contributed by atoms with E-state index in [1.54, 1.807) is 30.3 Å². The number of carbonyl (C=O) groups excluding carboxylic acids is 2. The van der Waals surface area contributed by atoms with Crippen LogP contribution in [0.4, 0.5) is 0 Å². The SMILES string of the molecule is CCCN1C(=O)C(=O)/C(=C(/O)c2cc(Cl)ccc2OC)C1c1ccc(OCC)c(OC)c1. The first-order valence-electron chi connectivity index (χ1n) is 10.3. The molecule has 1 amide bonds. The monoisotopic (exact) mass is 459 g/mol. The highest BCUT2D eigenvalue weighted by Crippen LogP contribution is 2.43. The fourth-order valence-corrected chi connectivity index (χ4v) is 4.01. The molecule has 1 unspecified atom stereocenters. The highest BCUT2D eigenvalue weighted by molar-refractivity contribution is 6.46. The van der Waals surface area contributed by atoms with E-state index in [4.69, 9.17) is 25.8 Å². The third kappa shape index (κ3) is 4.25. The third-order valence-corrected chi connectivity index (χ3v) is 5.46. The lowest BCUT2D eigenvalue weighted by Gasteiger charge is -2.25. The first-order valence-corrected chi connectivity index (χ1v) is 10.7. The van der Waals surface area contributed by atoms with E-state index < -0.39 is 17.7 Å². The number of aliphatic hydroxyl groups is 1. The van der Waals surface area contributed by atoms with Gasteiger partial charge in [-0.25, -0.2) is 0 Å². The van der Waals surface area contributed by atoms with Crippen molar-refractivity contribution in [3.8, 4) is 17.2 Å². The Morgan fingerprint density at radius 3 is 2.34 bits per heavy atom. The van der Waals surface area contributed by atoms with Crippen LogP contribution in [0.1, 0.15) is 37.4 Å². The summed E-state index contributed by atoms with van der Waals surface area (Å²) in [5, 5.41) is 11.6. The number of benzene rings is 2. The molecule has 1 N–H and O–H groups in total. The Bertz CT molecular complexity index is 1060. The van der Waals surface area contributed by atoms with E-state index in [2.05, 4.69) is 0 Å². The summed E-state index contributed by atoms with van der Waals surface area (Å²) in [7, 11) is 2.96. The number of hydrogen-bond acceptors (Lipinski definition) is 6. The van der Waals surface area contributed by atoms with Crippen molar-refractivity contribution >= 4 is 29.1 Å². The molecule has 1 heterocycles. The van der Waals surface area contributed by atoms with Gasteiger partial charge in [-0.05, 0) is 49.2 Å². The molecule has 1 saturated heterocycles. The van der Waals surface area contributed by atoms with Crippen LogP contribution in [0, 0.1) is 0 Å². The van der Waals surface area contributed by atoms with Crippen molar-refractivity contribution in [1.82, 2.24) is 4.90 Å². The first kappa shape index (κ1) is 23.5. The number of Topliss-reactive ketones (excluding diaryl/α,β-unsaturated/α-hetero) is 1. The van der Waals surface area contributed by atoms with E-state index in [1.807, 2.05) is 13.8 Å². The van der Waals surface area contributed by atoms with Gasteiger partial charge < -0.3 is 24.2 Å². The van der Waals surface area contributed by atoms with Crippen molar-refractivity contribution in [3.63, 3.8) is 0 Å². The van der Waals surface area contributed by atoms with Crippen LogP contribution in [-0.4, -0.2) is 49.1 Å². The number of ketones is 1. The summed E-state index contributed by atoms with van der Waals surface area (Å²) in [5.74, 6) is -0.451. The van der Waals surface area contributed by atoms with Crippen LogP contribution in [-0.2, 0) is 9.59 Å². The number of hydrogen-bond donors (Lipinski definition) is 1. The Morgan fingerprint density at radius 2 is 1.72 bits per heavy atom. The van der Waals surface area contributed by atoms with Crippen molar-refractivity contribution < 1.29 is 28.9 Å². The standard InChI is InChI=1S/C24H26ClNO6/c1-5-11-26-21(14-7-9-18(32-6-2)19(12-14)31-4)20(23(28)24(26)29)22(27)16-13-15(25)8-10-17(16)30-3/h7-10,12-13,21,27H,5-6,11H2,1-4H3/b22-20+. The van der Waals surface area contributed by atoms with Crippen LogP contribution in [0.2, 0.25) is 5.02 Å². The van der Waals surface area contributed by atoms with Gasteiger partial charge in [-0.1, -0.05) is 24.6 Å². The number of ether oxygens (including phenoxy) is 3. The van der Waals surface area contributed by atoms with E-state index in [0.29, 0.717) is 47.4 Å². The largest absolute Gasteiger partial charge is 0.507 e. The summed E-state index contributed by atoms with van der Waals surface area (Å²) in [4.78, 5) is 27.4. The average molecular weight is 460 g/mol. The molecule has 1 atom stereocenters. The van der Waals surface area contributed by atoms with Crippen LogP contribution in [0.15, 0.2) is 42.0 Å². The van der Waals surface area contributed by atoms with Crippen molar-refractivity contribution in [1.29, 1.82) is 0 Å². The van der Waals surface area contributed by atoms with Gasteiger partial charge in [0.2, 0.25) is 0 Å². The smallest absolute Gasteiger partial charge is 0.295 e. The molecule has 2 aromatic rings. The van der Waals surface area contributed by atoms with Crippen molar-refractivity contribution in [2.24, 2.45) is 0 Å². The number of methoxy groups -OCH3 is 2. The minimum absolute atomic E-state index is 0.0322. The molecule has 0 aliphatic carbocycles. The number of nitrogens with zero attached hydrogens (tertiary/aromatic N) is 1. The van der Waals surface area contributed by atoms with Crippen molar-refractivity contribution in [2.75, 3.05) is 27.4 Å². The number of carbonyl (C=O) groups is 2. The summed E-state index contributed by atoms with van der Waals surface area (Å²) in [6.07, 6.45) is 0.637. The maximum atomic E-state index is 13.1. The number of rotatable bonds is 8. The number of likely N-dealkylation sites (tertiary alicyclic amines) is 1. The quantitative estimate of drug-likeness (QED) is 0.353. The number of amides is 1. The van der Waals surface area contributed by atoms with Crippen molar-refractivity contribution in [3.05, 3.63) is 58.1 Å². The van der Waals surface area contributed by atoms with E-state index >= 15 is 0 Å². The van der Waals surface area contributed by atoms with Gasteiger partial charge in [0, 0.05) is 11.6 Å². The maximum Gasteiger partial charge on any atom is 0.295 e. The maximum absolute atomic E-state index is 13.1. The molecule has 2 aromatic carbocycles. The van der Waals surface area contributed by atoms with Crippen LogP contribution in [0.5, 0.6) is 17.2 Å². The van der Waals surface area contributed by atoms with E-state index in [0.717, 1.165) is 0 Å². The molecular weight excluding hydrogens is 434 g/mol. The van der Waals surface area contributed by atoms with E-state index in [-0.39, 0.29) is 16.9 Å². The molecule has 0 bridgehead atoms. The fourth-order valence-electron chi connectivity index (χ4n) is 3.84. The highest BCUT2D eigenvalue weighted by atomic mass is 35.5. The third-order valence-electron chi connectivity index (χ3n) is 5.22. The zero-order valence-electron chi connectivity index (χ0n) is 18.5.